The first-order valence-electron chi connectivity index (χ1n) is 9.01. The van der Waals surface area contributed by atoms with Crippen LogP contribution in [0.4, 0.5) is 5.69 Å². The van der Waals surface area contributed by atoms with Crippen molar-refractivity contribution in [3.8, 4) is 5.75 Å². The Hall–Kier alpha value is -3.87. The molecule has 0 amide bonds. The van der Waals surface area contributed by atoms with Crippen molar-refractivity contribution in [1.29, 1.82) is 0 Å². The van der Waals surface area contributed by atoms with Crippen molar-refractivity contribution in [2.24, 2.45) is 5.28 Å². The predicted octanol–water partition coefficient (Wildman–Crippen LogP) is 4.52. The number of para-hydroxylation sites is 2. The number of hydrogen-bond donors (Lipinski definition) is 0. The molecule has 0 aliphatic carbocycles. The third-order valence-electron chi connectivity index (χ3n) is 3.83. The van der Waals surface area contributed by atoms with E-state index in [0.717, 1.165) is 0 Å². The van der Waals surface area contributed by atoms with Crippen molar-refractivity contribution in [3.05, 3.63) is 102 Å². The first-order valence-corrected chi connectivity index (χ1v) is 9.01. The van der Waals surface area contributed by atoms with E-state index < -0.39 is 12.1 Å². The van der Waals surface area contributed by atoms with E-state index in [-0.39, 0.29) is 13.2 Å². The Labute approximate surface area is 168 Å². The van der Waals surface area contributed by atoms with Gasteiger partial charge in [0.2, 0.25) is 11.0 Å². The summed E-state index contributed by atoms with van der Waals surface area (Å²) in [4.78, 5) is 17.8. The van der Waals surface area contributed by atoms with Crippen LogP contribution in [0.2, 0.25) is 0 Å². The smallest absolute Gasteiger partial charge is 0.338 e. The maximum atomic E-state index is 12.3. The molecule has 0 saturated carbocycles. The van der Waals surface area contributed by atoms with Gasteiger partial charge in [-0.3, -0.25) is 0 Å². The van der Waals surface area contributed by atoms with Crippen molar-refractivity contribution < 1.29 is 24.0 Å². The summed E-state index contributed by atoms with van der Waals surface area (Å²) >= 11 is 0. The molecule has 1 unspecified atom stereocenters. The molecule has 1 atom stereocenters. The van der Waals surface area contributed by atoms with Crippen LogP contribution < -0.4 is 4.74 Å². The molecular weight excluding hydrogens is 372 g/mol. The number of rotatable bonds is 9. The summed E-state index contributed by atoms with van der Waals surface area (Å²) in [6.07, 6.45) is -0.768. The molecule has 3 rings (SSSR count). The molecule has 0 radical (unpaired) electrons. The molecule has 7 heteroatoms. The third-order valence-corrected chi connectivity index (χ3v) is 3.83. The summed E-state index contributed by atoms with van der Waals surface area (Å²) in [6, 6.07) is 26.1. The highest BCUT2D eigenvalue weighted by Gasteiger charge is 2.19. The van der Waals surface area contributed by atoms with Crippen molar-refractivity contribution in [3.63, 3.8) is 0 Å². The predicted molar refractivity (Wildman–Crippen MR) is 106 cm³/mol. The van der Waals surface area contributed by atoms with Gasteiger partial charge < -0.3 is 19.5 Å². The molecule has 7 nitrogen and oxygen atoms in total. The second-order valence-electron chi connectivity index (χ2n) is 6.00. The van der Waals surface area contributed by atoms with Gasteiger partial charge in [0.05, 0.1) is 5.56 Å². The minimum Gasteiger partial charge on any atom is -0.592 e. The second-order valence-corrected chi connectivity index (χ2v) is 6.00. The SMILES string of the molecule is O=C(OC(CO/N=[N+](\[O-])c1ccccc1)COc1ccccc1)c1ccccc1. The third kappa shape index (κ3) is 6.35. The van der Waals surface area contributed by atoms with Gasteiger partial charge in [0.15, 0.2) is 12.7 Å². The maximum absolute atomic E-state index is 12.3. The fourth-order valence-electron chi connectivity index (χ4n) is 2.39. The Morgan fingerprint density at radius 3 is 2.10 bits per heavy atom. The minimum absolute atomic E-state index is 0.0439. The van der Waals surface area contributed by atoms with Crippen molar-refractivity contribution in [2.45, 2.75) is 6.10 Å². The van der Waals surface area contributed by atoms with Gasteiger partial charge in [-0.2, -0.15) is 0 Å². The van der Waals surface area contributed by atoms with Gasteiger partial charge >= 0.3 is 5.97 Å². The van der Waals surface area contributed by atoms with Crippen LogP contribution in [0.15, 0.2) is 96.3 Å². The van der Waals surface area contributed by atoms with Gasteiger partial charge in [-0.15, -0.1) is 0 Å². The van der Waals surface area contributed by atoms with Crippen LogP contribution in [0.5, 0.6) is 5.75 Å². The first-order chi connectivity index (χ1) is 14.2. The van der Waals surface area contributed by atoms with E-state index in [1.807, 2.05) is 18.2 Å². The molecule has 0 N–H and O–H groups in total. The Morgan fingerprint density at radius 2 is 1.45 bits per heavy atom. The van der Waals surface area contributed by atoms with Gasteiger partial charge in [-0.1, -0.05) is 54.6 Å². The van der Waals surface area contributed by atoms with E-state index in [4.69, 9.17) is 14.3 Å². The monoisotopic (exact) mass is 392 g/mol. The Balaban J connectivity index is 1.62. The van der Waals surface area contributed by atoms with Crippen LogP contribution in [0.3, 0.4) is 0 Å². The van der Waals surface area contributed by atoms with E-state index >= 15 is 0 Å². The minimum atomic E-state index is -0.768. The molecule has 0 heterocycles. The lowest BCUT2D eigenvalue weighted by molar-refractivity contribution is -0.479. The van der Waals surface area contributed by atoms with Gasteiger partial charge in [0.1, 0.15) is 12.4 Å². The lowest BCUT2D eigenvalue weighted by Crippen LogP contribution is -2.29. The summed E-state index contributed by atoms with van der Waals surface area (Å²) in [7, 11) is 0. The van der Waals surface area contributed by atoms with Crippen LogP contribution in [0.25, 0.3) is 0 Å². The lowest BCUT2D eigenvalue weighted by Gasteiger charge is -2.17. The van der Waals surface area contributed by atoms with Gasteiger partial charge in [-0.25, -0.2) is 4.79 Å². The van der Waals surface area contributed by atoms with Crippen LogP contribution in [-0.4, -0.2) is 30.1 Å². The molecule has 0 bridgehead atoms. The zero-order chi connectivity index (χ0) is 20.3. The molecule has 0 aliphatic heterocycles. The van der Waals surface area contributed by atoms with E-state index in [9.17, 15) is 10.0 Å². The standard InChI is InChI=1S/C22H20N2O5/c25-22(18-10-4-1-5-11-18)29-21(16-27-20-14-8-3-9-15-20)17-28-23-24(26)19-12-6-2-7-13-19/h1-15,21H,16-17H2/b24-23-. The Bertz CT molecular complexity index is 918. The van der Waals surface area contributed by atoms with E-state index in [2.05, 4.69) is 5.28 Å². The van der Waals surface area contributed by atoms with E-state index in [1.165, 1.54) is 0 Å². The molecule has 29 heavy (non-hydrogen) atoms. The zero-order valence-corrected chi connectivity index (χ0v) is 15.6. The van der Waals surface area contributed by atoms with E-state index in [0.29, 0.717) is 21.9 Å². The fraction of sp³-hybridized carbons (Fsp3) is 0.136. The lowest BCUT2D eigenvalue weighted by atomic mass is 10.2. The number of nitrogens with zero attached hydrogens (tertiary/aromatic N) is 2. The molecule has 0 fully saturated rings. The molecule has 0 saturated heterocycles. The first kappa shape index (κ1) is 19.9. The Kier molecular flexibility index (Phi) is 7.17. The molecule has 3 aromatic rings. The van der Waals surface area contributed by atoms with Crippen LogP contribution >= 0.6 is 0 Å². The molecule has 3 aromatic carbocycles. The average molecular weight is 392 g/mol. The average Bonchev–Trinajstić information content (AvgIpc) is 2.79. The number of ether oxygens (including phenoxy) is 2. The summed E-state index contributed by atoms with van der Waals surface area (Å²) in [5, 5.41) is 15.4. The normalized spacial score (nSPS) is 12.1. The second kappa shape index (κ2) is 10.5. The van der Waals surface area contributed by atoms with Crippen molar-refractivity contribution in [1.82, 2.24) is 0 Å². The Morgan fingerprint density at radius 1 is 0.862 bits per heavy atom. The number of esters is 1. The summed E-state index contributed by atoms with van der Waals surface area (Å²) in [6.45, 7) is -0.0979. The van der Waals surface area contributed by atoms with Gasteiger partial charge in [0.25, 0.3) is 0 Å². The fourth-order valence-corrected chi connectivity index (χ4v) is 2.39. The topological polar surface area (TPSA) is 83.2 Å². The van der Waals surface area contributed by atoms with Crippen LogP contribution in [-0.2, 0) is 9.57 Å². The number of carbonyl (C=O) groups is 1. The molecule has 148 valence electrons. The van der Waals surface area contributed by atoms with E-state index in [1.54, 1.807) is 72.8 Å². The van der Waals surface area contributed by atoms with Gasteiger partial charge in [-0.05, 0) is 29.1 Å². The van der Waals surface area contributed by atoms with Crippen molar-refractivity contribution >= 4 is 11.7 Å². The number of benzene rings is 3. The molecule has 0 aromatic heterocycles. The molecular formula is C22H20N2O5. The van der Waals surface area contributed by atoms with Crippen molar-refractivity contribution in [2.75, 3.05) is 13.2 Å². The highest BCUT2D eigenvalue weighted by molar-refractivity contribution is 5.89. The largest absolute Gasteiger partial charge is 0.592 e. The number of hydrogen-bond acceptors (Lipinski definition) is 6. The quantitative estimate of drug-likeness (QED) is 0.231. The summed E-state index contributed by atoms with van der Waals surface area (Å²) in [5.41, 5.74) is 0.731. The summed E-state index contributed by atoms with van der Waals surface area (Å²) in [5.74, 6) is 0.109. The molecule has 0 aliphatic rings. The molecule has 0 spiro atoms. The highest BCUT2D eigenvalue weighted by Crippen LogP contribution is 2.12. The van der Waals surface area contributed by atoms with Crippen LogP contribution in [0.1, 0.15) is 10.4 Å². The number of carbonyl (C=O) groups excluding carboxylic acids is 1. The summed E-state index contributed by atoms with van der Waals surface area (Å²) < 4.78 is 11.1. The highest BCUT2D eigenvalue weighted by atomic mass is 16.7. The maximum Gasteiger partial charge on any atom is 0.338 e. The zero-order valence-electron chi connectivity index (χ0n) is 15.6. The van der Waals surface area contributed by atoms with Crippen LogP contribution in [0, 0.1) is 5.21 Å². The van der Waals surface area contributed by atoms with Gasteiger partial charge in [0, 0.05) is 12.1 Å².